The first kappa shape index (κ1) is 12.3. The minimum atomic E-state index is 0.485. The van der Waals surface area contributed by atoms with Crippen LogP contribution in [-0.4, -0.2) is 24.2 Å². The van der Waals surface area contributed by atoms with Crippen LogP contribution in [0.1, 0.15) is 18.4 Å². The zero-order chi connectivity index (χ0) is 11.6. The number of nitrogens with zero attached hydrogens (tertiary/aromatic N) is 1. The van der Waals surface area contributed by atoms with Gasteiger partial charge in [0.15, 0.2) is 0 Å². The van der Waals surface area contributed by atoms with Crippen molar-refractivity contribution in [3.05, 3.63) is 34.9 Å². The first-order valence-corrected chi connectivity index (χ1v) is 6.69. The minimum absolute atomic E-state index is 0.485. The van der Waals surface area contributed by atoms with Crippen LogP contribution in [0.3, 0.4) is 0 Å². The van der Waals surface area contributed by atoms with Gasteiger partial charge in [-0.3, -0.25) is 0 Å². The van der Waals surface area contributed by atoms with Crippen LogP contribution < -0.4 is 0 Å². The lowest BCUT2D eigenvalue weighted by molar-refractivity contribution is 0.270. The molecule has 1 nitrogen and oxygen atoms in total. The quantitative estimate of drug-likeness (QED) is 0.789. The van der Waals surface area contributed by atoms with E-state index < -0.39 is 0 Å². The molecule has 0 atom stereocenters. The van der Waals surface area contributed by atoms with E-state index >= 15 is 0 Å². The zero-order valence-electron chi connectivity index (χ0n) is 9.62. The van der Waals surface area contributed by atoms with E-state index in [1.165, 1.54) is 18.4 Å². The molecule has 0 spiro atoms. The molecule has 88 valence electrons. The summed E-state index contributed by atoms with van der Waals surface area (Å²) in [7, 11) is 2.16. The van der Waals surface area contributed by atoms with Crippen LogP contribution in [0, 0.1) is 5.41 Å². The highest BCUT2D eigenvalue weighted by Gasteiger charge is 2.41. The van der Waals surface area contributed by atoms with Crippen LogP contribution in [0.5, 0.6) is 0 Å². The molecule has 0 bridgehead atoms. The fraction of sp³-hybridized carbons (Fsp3) is 0.538. The Balaban J connectivity index is 1.92. The molecular weight excluding hydrogens is 238 g/mol. The summed E-state index contributed by atoms with van der Waals surface area (Å²) in [5, 5.41) is 0.866. The number of rotatable bonds is 5. The maximum absolute atomic E-state index is 6.15. The lowest BCUT2D eigenvalue weighted by atomic mass is 10.1. The molecule has 0 aliphatic heterocycles. The van der Waals surface area contributed by atoms with Gasteiger partial charge >= 0.3 is 0 Å². The Morgan fingerprint density at radius 1 is 1.38 bits per heavy atom. The Morgan fingerprint density at radius 3 is 2.62 bits per heavy atom. The first-order chi connectivity index (χ1) is 7.65. The van der Waals surface area contributed by atoms with Crippen molar-refractivity contribution in [3.63, 3.8) is 0 Å². The topological polar surface area (TPSA) is 3.24 Å². The van der Waals surface area contributed by atoms with Gasteiger partial charge in [0, 0.05) is 18.1 Å². The molecule has 0 amide bonds. The molecular formula is C13H18ClNS. The lowest BCUT2D eigenvalue weighted by Crippen LogP contribution is -2.27. The Hall–Kier alpha value is -0.180. The summed E-state index contributed by atoms with van der Waals surface area (Å²) in [4.78, 5) is 2.35. The number of thiol groups is 1. The highest BCUT2D eigenvalue weighted by atomic mass is 35.5. The molecule has 16 heavy (non-hydrogen) atoms. The minimum Gasteiger partial charge on any atom is -0.301 e. The van der Waals surface area contributed by atoms with Gasteiger partial charge in [-0.2, -0.15) is 12.6 Å². The van der Waals surface area contributed by atoms with Gasteiger partial charge < -0.3 is 4.90 Å². The third-order valence-corrected chi connectivity index (χ3v) is 4.34. The molecule has 0 saturated heterocycles. The van der Waals surface area contributed by atoms with Gasteiger partial charge in [-0.15, -0.1) is 0 Å². The monoisotopic (exact) mass is 255 g/mol. The van der Waals surface area contributed by atoms with Crippen LogP contribution >= 0.6 is 24.2 Å². The van der Waals surface area contributed by atoms with Crippen molar-refractivity contribution < 1.29 is 0 Å². The highest BCUT2D eigenvalue weighted by molar-refractivity contribution is 7.80. The largest absolute Gasteiger partial charge is 0.301 e. The Bertz CT molecular complexity index is 363. The fourth-order valence-electron chi connectivity index (χ4n) is 2.09. The van der Waals surface area contributed by atoms with Gasteiger partial charge in [0.05, 0.1) is 0 Å². The molecule has 0 radical (unpaired) electrons. The molecule has 1 aliphatic carbocycles. The maximum atomic E-state index is 6.15. The summed E-state index contributed by atoms with van der Waals surface area (Å²) < 4.78 is 0. The highest BCUT2D eigenvalue weighted by Crippen LogP contribution is 2.47. The van der Waals surface area contributed by atoms with Crippen molar-refractivity contribution >= 4 is 24.2 Å². The van der Waals surface area contributed by atoms with Crippen LogP contribution in [0.2, 0.25) is 5.02 Å². The average Bonchev–Trinajstić information content (AvgIpc) is 3.02. The first-order valence-electron chi connectivity index (χ1n) is 5.68. The molecule has 0 N–H and O–H groups in total. The van der Waals surface area contributed by atoms with E-state index in [0.717, 1.165) is 23.9 Å². The van der Waals surface area contributed by atoms with E-state index in [4.69, 9.17) is 11.6 Å². The van der Waals surface area contributed by atoms with Gasteiger partial charge in [-0.1, -0.05) is 29.8 Å². The Kier molecular flexibility index (Phi) is 3.83. The van der Waals surface area contributed by atoms with E-state index in [-0.39, 0.29) is 0 Å². The molecule has 1 aliphatic rings. The van der Waals surface area contributed by atoms with E-state index in [0.29, 0.717) is 5.41 Å². The Morgan fingerprint density at radius 2 is 2.06 bits per heavy atom. The molecule has 1 fully saturated rings. The van der Waals surface area contributed by atoms with Crippen molar-refractivity contribution in [3.8, 4) is 0 Å². The lowest BCUT2D eigenvalue weighted by Gasteiger charge is -2.22. The average molecular weight is 256 g/mol. The zero-order valence-corrected chi connectivity index (χ0v) is 11.3. The second-order valence-corrected chi connectivity index (χ2v) is 5.65. The van der Waals surface area contributed by atoms with E-state index in [9.17, 15) is 0 Å². The molecule has 2 rings (SSSR count). The molecule has 1 saturated carbocycles. The summed E-state index contributed by atoms with van der Waals surface area (Å²) in [6.45, 7) is 2.05. The molecule has 1 aromatic carbocycles. The molecule has 3 heteroatoms. The van der Waals surface area contributed by atoms with E-state index in [1.807, 2.05) is 18.2 Å². The van der Waals surface area contributed by atoms with Gasteiger partial charge in [0.1, 0.15) is 0 Å². The van der Waals surface area contributed by atoms with Crippen LogP contribution in [0.4, 0.5) is 0 Å². The molecule has 1 aromatic rings. The van der Waals surface area contributed by atoms with E-state index in [2.05, 4.69) is 30.6 Å². The van der Waals surface area contributed by atoms with Crippen LogP contribution in [0.15, 0.2) is 24.3 Å². The summed E-state index contributed by atoms with van der Waals surface area (Å²) in [6, 6.07) is 8.07. The van der Waals surface area contributed by atoms with Gasteiger partial charge in [-0.25, -0.2) is 0 Å². The third kappa shape index (κ3) is 2.93. The van der Waals surface area contributed by atoms with E-state index in [1.54, 1.807) is 0 Å². The van der Waals surface area contributed by atoms with Crippen molar-refractivity contribution in [2.75, 3.05) is 19.3 Å². The molecule has 0 heterocycles. The second-order valence-electron chi connectivity index (χ2n) is 4.92. The third-order valence-electron chi connectivity index (χ3n) is 3.30. The summed E-state index contributed by atoms with van der Waals surface area (Å²) >= 11 is 10.6. The molecule has 0 aromatic heterocycles. The van der Waals surface area contributed by atoms with Crippen LogP contribution in [0.25, 0.3) is 0 Å². The number of halogens is 1. The van der Waals surface area contributed by atoms with Gasteiger partial charge in [-0.05, 0) is 42.7 Å². The maximum Gasteiger partial charge on any atom is 0.0451 e. The fourth-order valence-corrected chi connectivity index (χ4v) is 2.70. The Labute approximate surface area is 108 Å². The predicted molar refractivity (Wildman–Crippen MR) is 73.3 cm³/mol. The number of hydrogen-bond donors (Lipinski definition) is 1. The number of hydrogen-bond acceptors (Lipinski definition) is 2. The summed E-state index contributed by atoms with van der Waals surface area (Å²) in [5.74, 6) is 1.000. The van der Waals surface area contributed by atoms with Crippen molar-refractivity contribution in [2.45, 2.75) is 19.4 Å². The predicted octanol–water partition coefficient (Wildman–Crippen LogP) is 3.48. The number of benzene rings is 1. The summed E-state index contributed by atoms with van der Waals surface area (Å²) in [6.07, 6.45) is 2.65. The smallest absolute Gasteiger partial charge is 0.0451 e. The normalized spacial score (nSPS) is 17.8. The molecule has 0 unspecified atom stereocenters. The SMILES string of the molecule is CN(Cc1ccccc1Cl)CC1(CS)CC1. The van der Waals surface area contributed by atoms with Crippen molar-refractivity contribution in [1.82, 2.24) is 4.90 Å². The van der Waals surface area contributed by atoms with Crippen LogP contribution in [-0.2, 0) is 6.54 Å². The standard InChI is InChI=1S/C13H18ClNS/c1-15(9-13(10-16)6-7-13)8-11-4-2-3-5-12(11)14/h2-5,16H,6-10H2,1H3. The second kappa shape index (κ2) is 4.99. The summed E-state index contributed by atoms with van der Waals surface area (Å²) in [5.41, 5.74) is 1.70. The van der Waals surface area contributed by atoms with Gasteiger partial charge in [0.2, 0.25) is 0 Å². The van der Waals surface area contributed by atoms with Crippen molar-refractivity contribution in [1.29, 1.82) is 0 Å². The van der Waals surface area contributed by atoms with Crippen molar-refractivity contribution in [2.24, 2.45) is 5.41 Å². The van der Waals surface area contributed by atoms with Gasteiger partial charge in [0.25, 0.3) is 0 Å².